The lowest BCUT2D eigenvalue weighted by atomic mass is 9.39. The molecule has 1 aliphatic heterocycles. The molecule has 3 fully saturated rings. The Hall–Kier alpha value is -0.903. The summed E-state index contributed by atoms with van der Waals surface area (Å²) in [5, 5.41) is 0.463. The van der Waals surface area contributed by atoms with Gasteiger partial charge in [0.1, 0.15) is 16.8 Å². The molecule has 1 spiro atoms. The van der Waals surface area contributed by atoms with Crippen molar-refractivity contribution >= 4 is 30.0 Å². The predicted octanol–water partition coefficient (Wildman–Crippen LogP) is 5.82. The number of hydrogen-bond donors (Lipinski definition) is 0. The van der Waals surface area contributed by atoms with Crippen LogP contribution >= 0.6 is 11.6 Å². The summed E-state index contributed by atoms with van der Waals surface area (Å²) < 4.78 is 53.1. The van der Waals surface area contributed by atoms with Crippen molar-refractivity contribution in [2.24, 2.45) is 28.1 Å². The largest absolute Gasteiger partial charge is 0.408 e. The molecule has 1 saturated heterocycles. The zero-order valence-corrected chi connectivity index (χ0v) is 24.5. The van der Waals surface area contributed by atoms with Crippen LogP contribution in [-0.2, 0) is 28.2 Å². The van der Waals surface area contributed by atoms with Gasteiger partial charge in [0.15, 0.2) is 8.32 Å². The van der Waals surface area contributed by atoms with E-state index in [1.807, 2.05) is 13.8 Å². The fourth-order valence-electron chi connectivity index (χ4n) is 7.77. The first-order chi connectivity index (χ1) is 16.1. The number of methoxy groups -OCH3 is 1. The lowest BCUT2D eigenvalue weighted by Gasteiger charge is -2.69. The standard InChI is InChI=1S/C26H37ClO6SSi/c1-16-9-12-18(13-10-16)34(28,29)32-21-20(27)25-17(2)11-14-19(25)23(3)15-31-26(30-5,24(21,23)4)22(25)33-35(6,7)8/h9-10,12-13,17,19,22H,11,14-15H2,1-8H3/t17-,19?,22?,23?,24?,25?,26?/m1/s1. The van der Waals surface area contributed by atoms with Gasteiger partial charge in [-0.3, -0.25) is 0 Å². The third kappa shape index (κ3) is 2.95. The van der Waals surface area contributed by atoms with Crippen LogP contribution in [0.3, 0.4) is 0 Å². The monoisotopic (exact) mass is 540 g/mol. The third-order valence-corrected chi connectivity index (χ3v) is 12.2. The van der Waals surface area contributed by atoms with E-state index in [1.165, 1.54) is 0 Å². The maximum Gasteiger partial charge on any atom is 0.338 e. The van der Waals surface area contributed by atoms with Gasteiger partial charge in [-0.25, -0.2) is 0 Å². The summed E-state index contributed by atoms with van der Waals surface area (Å²) in [5.41, 5.74) is -1.09. The van der Waals surface area contributed by atoms with E-state index in [0.717, 1.165) is 18.4 Å². The van der Waals surface area contributed by atoms with Gasteiger partial charge in [-0.1, -0.05) is 43.1 Å². The van der Waals surface area contributed by atoms with Crippen LogP contribution in [0.25, 0.3) is 0 Å². The minimum Gasteiger partial charge on any atom is -0.408 e. The van der Waals surface area contributed by atoms with Crippen molar-refractivity contribution in [1.29, 1.82) is 0 Å². The quantitative estimate of drug-likeness (QED) is 0.334. The van der Waals surface area contributed by atoms with Gasteiger partial charge in [-0.2, -0.15) is 8.42 Å². The second-order valence-corrected chi connectivity index (χ2v) is 18.7. The lowest BCUT2D eigenvalue weighted by molar-refractivity contribution is -0.337. The van der Waals surface area contributed by atoms with Crippen LogP contribution in [0, 0.1) is 35.0 Å². The molecule has 7 atom stereocenters. The Balaban J connectivity index is 1.78. The summed E-state index contributed by atoms with van der Waals surface area (Å²) in [6.07, 6.45) is 1.48. The molecule has 6 nitrogen and oxygen atoms in total. The van der Waals surface area contributed by atoms with Crippen molar-refractivity contribution < 1.29 is 26.5 Å². The fourth-order valence-corrected chi connectivity index (χ4v) is 10.6. The highest BCUT2D eigenvalue weighted by Crippen LogP contribution is 2.82. The molecule has 5 aliphatic rings. The van der Waals surface area contributed by atoms with Crippen molar-refractivity contribution in [3.05, 3.63) is 40.6 Å². The van der Waals surface area contributed by atoms with Gasteiger partial charge >= 0.3 is 10.1 Å². The van der Waals surface area contributed by atoms with Crippen LogP contribution in [0.2, 0.25) is 19.6 Å². The lowest BCUT2D eigenvalue weighted by Crippen LogP contribution is -2.77. The average Bonchev–Trinajstić information content (AvgIpc) is 3.21. The Morgan fingerprint density at radius 1 is 1.11 bits per heavy atom. The molecule has 4 aliphatic carbocycles. The Bertz CT molecular complexity index is 1190. The van der Waals surface area contributed by atoms with Crippen molar-refractivity contribution in [3.63, 3.8) is 0 Å². The smallest absolute Gasteiger partial charge is 0.338 e. The minimum atomic E-state index is -4.14. The molecule has 6 unspecified atom stereocenters. The Morgan fingerprint density at radius 3 is 2.31 bits per heavy atom. The molecule has 0 radical (unpaired) electrons. The van der Waals surface area contributed by atoms with Crippen molar-refractivity contribution in [2.45, 2.75) is 77.0 Å². The second-order valence-electron chi connectivity index (χ2n) is 12.3. The normalized spacial score (nSPS) is 42.5. The number of ether oxygens (including phenoxy) is 2. The third-order valence-electron chi connectivity index (χ3n) is 9.57. The number of hydrogen-bond acceptors (Lipinski definition) is 6. The van der Waals surface area contributed by atoms with E-state index in [-0.39, 0.29) is 22.5 Å². The van der Waals surface area contributed by atoms with Gasteiger partial charge in [0.25, 0.3) is 0 Å². The van der Waals surface area contributed by atoms with Crippen LogP contribution in [0.1, 0.15) is 39.2 Å². The Labute approximate surface area is 215 Å². The van der Waals surface area contributed by atoms with E-state index in [4.69, 9.17) is 29.7 Å². The SMILES string of the molecule is COC12OCC3(C)C4CC[C@@H](C)C4(C(Cl)=C(OS(=O)(=O)c4ccc(C)cc4)C31C)C2O[Si](C)(C)C. The zero-order valence-electron chi connectivity index (χ0n) is 21.9. The van der Waals surface area contributed by atoms with Gasteiger partial charge in [0, 0.05) is 17.9 Å². The predicted molar refractivity (Wildman–Crippen MR) is 137 cm³/mol. The molecule has 2 saturated carbocycles. The van der Waals surface area contributed by atoms with Crippen molar-refractivity contribution in [3.8, 4) is 0 Å². The van der Waals surface area contributed by atoms with Crippen LogP contribution in [-0.4, -0.2) is 42.3 Å². The van der Waals surface area contributed by atoms with E-state index in [9.17, 15) is 8.42 Å². The van der Waals surface area contributed by atoms with Gasteiger partial charge < -0.3 is 18.1 Å². The molecular formula is C26H37ClO6SSi. The molecule has 6 rings (SSSR count). The number of rotatable bonds is 6. The molecule has 4 bridgehead atoms. The van der Waals surface area contributed by atoms with E-state index in [0.29, 0.717) is 11.6 Å². The van der Waals surface area contributed by atoms with Crippen LogP contribution in [0.15, 0.2) is 40.0 Å². The summed E-state index contributed by atoms with van der Waals surface area (Å²) in [4.78, 5) is 0.0958. The maximum absolute atomic E-state index is 13.6. The van der Waals surface area contributed by atoms with Crippen LogP contribution in [0.4, 0.5) is 0 Å². The summed E-state index contributed by atoms with van der Waals surface area (Å²) >= 11 is 7.35. The summed E-state index contributed by atoms with van der Waals surface area (Å²) in [5.74, 6) is -0.665. The van der Waals surface area contributed by atoms with Crippen molar-refractivity contribution in [1.82, 2.24) is 0 Å². The molecule has 1 aromatic rings. The molecule has 0 N–H and O–H groups in total. The first-order valence-electron chi connectivity index (χ1n) is 12.4. The first-order valence-corrected chi connectivity index (χ1v) is 17.6. The van der Waals surface area contributed by atoms with E-state index < -0.39 is 46.6 Å². The molecule has 0 aromatic heterocycles. The van der Waals surface area contributed by atoms with E-state index in [2.05, 4.69) is 33.5 Å². The molecule has 194 valence electrons. The van der Waals surface area contributed by atoms with Gasteiger partial charge in [0.05, 0.1) is 17.1 Å². The molecule has 0 amide bonds. The molecule has 1 aromatic carbocycles. The summed E-state index contributed by atoms with van der Waals surface area (Å²) in [6, 6.07) is 6.66. The maximum atomic E-state index is 13.6. The molecular weight excluding hydrogens is 504 g/mol. The summed E-state index contributed by atoms with van der Waals surface area (Å²) in [7, 11) is -4.60. The highest BCUT2D eigenvalue weighted by Gasteiger charge is 2.88. The van der Waals surface area contributed by atoms with Crippen LogP contribution in [0.5, 0.6) is 0 Å². The van der Waals surface area contributed by atoms with Crippen molar-refractivity contribution in [2.75, 3.05) is 13.7 Å². The van der Waals surface area contributed by atoms with Crippen LogP contribution < -0.4 is 0 Å². The van der Waals surface area contributed by atoms with Gasteiger partial charge in [-0.05, 0) is 70.3 Å². The highest BCUT2D eigenvalue weighted by atomic mass is 35.5. The minimum absolute atomic E-state index is 0.0958. The number of aryl methyl sites for hydroxylation is 1. The topological polar surface area (TPSA) is 71.1 Å². The Morgan fingerprint density at radius 2 is 1.74 bits per heavy atom. The Kier molecular flexibility index (Phi) is 5.57. The second kappa shape index (κ2) is 7.57. The summed E-state index contributed by atoms with van der Waals surface area (Å²) in [6.45, 7) is 15.2. The van der Waals surface area contributed by atoms with Gasteiger partial charge in [0.2, 0.25) is 5.79 Å². The van der Waals surface area contributed by atoms with E-state index >= 15 is 0 Å². The number of benzene rings is 1. The number of halogens is 1. The molecule has 9 heteroatoms. The highest BCUT2D eigenvalue weighted by molar-refractivity contribution is 7.86. The van der Waals surface area contributed by atoms with E-state index in [1.54, 1.807) is 31.4 Å². The molecule has 1 heterocycles. The zero-order chi connectivity index (χ0) is 25.8. The average molecular weight is 541 g/mol. The molecule has 35 heavy (non-hydrogen) atoms. The van der Waals surface area contributed by atoms with Gasteiger partial charge in [-0.15, -0.1) is 0 Å². The fraction of sp³-hybridized carbons (Fsp3) is 0.692. The first kappa shape index (κ1) is 25.7.